The molecule has 0 atom stereocenters. The molecule has 0 aliphatic rings. The Kier molecular flexibility index (Phi) is 9.54. The van der Waals surface area contributed by atoms with Crippen LogP contribution in [0.15, 0.2) is 288 Å². The predicted octanol–water partition coefficient (Wildman–Crippen LogP) is 23.0. The third-order valence-electron chi connectivity index (χ3n) is 17.8. The van der Waals surface area contributed by atoms with E-state index in [9.17, 15) is 0 Å². The molecule has 0 N–H and O–H groups in total. The zero-order chi connectivity index (χ0) is 53.6. The molecule has 18 rings (SSSR count). The van der Waals surface area contributed by atoms with Gasteiger partial charge in [-0.25, -0.2) is 0 Å². The molecule has 2 aromatic heterocycles. The number of hydrogen-bond acceptors (Lipinski definition) is 2. The van der Waals surface area contributed by atoms with Gasteiger partial charge in [0.1, 0.15) is 22.3 Å². The number of fused-ring (bicyclic) bond motifs is 16. The van der Waals surface area contributed by atoms with Gasteiger partial charge in [-0.3, -0.25) is 0 Å². The van der Waals surface area contributed by atoms with Crippen LogP contribution in [0.5, 0.6) is 0 Å². The van der Waals surface area contributed by atoms with Crippen LogP contribution >= 0.6 is 0 Å². The molecular weight excluding hydrogens is 993 g/mol. The largest absolute Gasteiger partial charge is 0.456 e. The van der Waals surface area contributed by atoms with Gasteiger partial charge >= 0.3 is 0 Å². The maximum atomic E-state index is 6.65. The number of hydrogen-bond donors (Lipinski definition) is 0. The Bertz CT molecular complexity index is 5770. The lowest BCUT2D eigenvalue weighted by Gasteiger charge is -2.21. The van der Waals surface area contributed by atoms with Crippen molar-refractivity contribution in [2.45, 2.75) is 0 Å². The summed E-state index contributed by atoms with van der Waals surface area (Å²) < 4.78 is 13.1. The fraction of sp³-hybridized carbons (Fsp3) is 0. The maximum absolute atomic E-state index is 6.65. The van der Waals surface area contributed by atoms with Crippen LogP contribution < -0.4 is 0 Å². The van der Waals surface area contributed by atoms with Crippen molar-refractivity contribution in [3.05, 3.63) is 279 Å². The average Bonchev–Trinajstić information content (AvgIpc) is 4.24. The fourth-order valence-corrected chi connectivity index (χ4v) is 14.2. The van der Waals surface area contributed by atoms with E-state index in [1.807, 2.05) is 12.1 Å². The van der Waals surface area contributed by atoms with Gasteiger partial charge in [-0.1, -0.05) is 218 Å². The fourth-order valence-electron chi connectivity index (χ4n) is 14.2. The molecule has 0 radical (unpaired) electrons. The van der Waals surface area contributed by atoms with Gasteiger partial charge in [0.05, 0.1) is 0 Å². The first-order valence-corrected chi connectivity index (χ1v) is 28.3. The summed E-state index contributed by atoms with van der Waals surface area (Å²) >= 11 is 0. The minimum Gasteiger partial charge on any atom is -0.456 e. The van der Waals surface area contributed by atoms with Gasteiger partial charge in [0, 0.05) is 21.5 Å². The minimum atomic E-state index is 0.877. The van der Waals surface area contributed by atoms with Crippen LogP contribution in [0.3, 0.4) is 0 Å². The molecule has 0 aliphatic heterocycles. The Hall–Kier alpha value is -10.8. The number of rotatable bonds is 5. The van der Waals surface area contributed by atoms with E-state index in [0.717, 1.165) is 66.1 Å². The van der Waals surface area contributed by atoms with Gasteiger partial charge in [0.25, 0.3) is 0 Å². The van der Waals surface area contributed by atoms with Crippen LogP contribution in [0, 0.1) is 0 Å². The highest BCUT2D eigenvalue weighted by Gasteiger charge is 2.24. The van der Waals surface area contributed by atoms with Gasteiger partial charge in [0.2, 0.25) is 0 Å². The zero-order valence-corrected chi connectivity index (χ0v) is 44.4. The smallest absolute Gasteiger partial charge is 0.136 e. The summed E-state index contributed by atoms with van der Waals surface area (Å²) in [6.45, 7) is 0. The molecule has 0 saturated carbocycles. The summed E-state index contributed by atoms with van der Waals surface area (Å²) in [6.07, 6.45) is 0. The van der Waals surface area contributed by atoms with Crippen LogP contribution in [-0.2, 0) is 0 Å². The number of furan rings is 2. The van der Waals surface area contributed by atoms with Crippen molar-refractivity contribution < 1.29 is 8.83 Å². The Balaban J connectivity index is 0.953. The SMILES string of the molecule is c1ccc2c(c1)cc(-c1c3ccccc3c(-c3ccc4c(c3)oc3ccccc34)c3cc(-c4ccc5c(-c6cc7ccccc7c7ccccc67)c6ccccc6c(-c6ccc7oc8ccccc8c7c6)c5c4)ccc13)c1ccccc12. The zero-order valence-electron chi connectivity index (χ0n) is 44.4. The van der Waals surface area contributed by atoms with Crippen LogP contribution in [0.1, 0.15) is 0 Å². The molecule has 0 aliphatic carbocycles. The summed E-state index contributed by atoms with van der Waals surface area (Å²) in [5.41, 5.74) is 15.4. The first kappa shape index (κ1) is 45.1. The molecule has 0 fully saturated rings. The lowest BCUT2D eigenvalue weighted by atomic mass is 9.82. The Morgan fingerprint density at radius 3 is 1.00 bits per heavy atom. The van der Waals surface area contributed by atoms with Crippen molar-refractivity contribution in [2.24, 2.45) is 0 Å². The van der Waals surface area contributed by atoms with E-state index in [0.29, 0.717) is 0 Å². The molecule has 0 bridgehead atoms. The second-order valence-electron chi connectivity index (χ2n) is 22.1. The molecule has 0 saturated heterocycles. The van der Waals surface area contributed by atoms with Crippen molar-refractivity contribution in [2.75, 3.05) is 0 Å². The first-order chi connectivity index (χ1) is 40.7. The number of para-hydroxylation sites is 2. The summed E-state index contributed by atoms with van der Waals surface area (Å²) in [5, 5.41) is 24.0. The Morgan fingerprint density at radius 1 is 0.159 bits per heavy atom. The van der Waals surface area contributed by atoms with E-state index >= 15 is 0 Å². The van der Waals surface area contributed by atoms with Gasteiger partial charge in [-0.05, 0) is 202 Å². The van der Waals surface area contributed by atoms with Crippen molar-refractivity contribution in [1.29, 1.82) is 0 Å². The highest BCUT2D eigenvalue weighted by Crippen LogP contribution is 2.51. The van der Waals surface area contributed by atoms with Gasteiger partial charge in [-0.2, -0.15) is 0 Å². The van der Waals surface area contributed by atoms with Gasteiger partial charge < -0.3 is 8.83 Å². The number of benzene rings is 16. The van der Waals surface area contributed by atoms with Crippen LogP contribution in [0.2, 0.25) is 0 Å². The Morgan fingerprint density at radius 2 is 0.476 bits per heavy atom. The minimum absolute atomic E-state index is 0.877. The monoisotopic (exact) mass is 1040 g/mol. The van der Waals surface area contributed by atoms with E-state index < -0.39 is 0 Å². The van der Waals surface area contributed by atoms with Crippen LogP contribution in [-0.4, -0.2) is 0 Å². The highest BCUT2D eigenvalue weighted by atomic mass is 16.3. The maximum Gasteiger partial charge on any atom is 0.136 e. The van der Waals surface area contributed by atoms with Crippen LogP contribution in [0.25, 0.3) is 186 Å². The lowest BCUT2D eigenvalue weighted by molar-refractivity contribution is 0.668. The van der Waals surface area contributed by atoms with Crippen molar-refractivity contribution in [3.63, 3.8) is 0 Å². The third-order valence-corrected chi connectivity index (χ3v) is 17.8. The molecule has 378 valence electrons. The molecule has 0 spiro atoms. The second kappa shape index (κ2) is 17.3. The predicted molar refractivity (Wildman–Crippen MR) is 348 cm³/mol. The van der Waals surface area contributed by atoms with E-state index in [1.165, 1.54) is 120 Å². The van der Waals surface area contributed by atoms with E-state index in [2.05, 4.69) is 267 Å². The molecule has 2 heterocycles. The van der Waals surface area contributed by atoms with E-state index in [-0.39, 0.29) is 0 Å². The van der Waals surface area contributed by atoms with Crippen molar-refractivity contribution in [1.82, 2.24) is 0 Å². The van der Waals surface area contributed by atoms with Gasteiger partial charge in [0.15, 0.2) is 0 Å². The summed E-state index contributed by atoms with van der Waals surface area (Å²) in [4.78, 5) is 0. The molecule has 0 unspecified atom stereocenters. The molecule has 2 nitrogen and oxygen atoms in total. The molecule has 18 aromatic rings. The molecule has 16 aromatic carbocycles. The highest BCUT2D eigenvalue weighted by molar-refractivity contribution is 6.29. The Labute approximate surface area is 470 Å². The van der Waals surface area contributed by atoms with E-state index in [4.69, 9.17) is 8.83 Å². The molecular formula is C80H46O2. The quantitative estimate of drug-likeness (QED) is 0.127. The topological polar surface area (TPSA) is 26.3 Å². The van der Waals surface area contributed by atoms with E-state index in [1.54, 1.807) is 0 Å². The first-order valence-electron chi connectivity index (χ1n) is 28.3. The van der Waals surface area contributed by atoms with Crippen LogP contribution in [0.4, 0.5) is 0 Å². The van der Waals surface area contributed by atoms with Crippen molar-refractivity contribution >= 4 is 130 Å². The average molecular weight is 1040 g/mol. The van der Waals surface area contributed by atoms with Gasteiger partial charge in [-0.15, -0.1) is 0 Å². The second-order valence-corrected chi connectivity index (χ2v) is 22.1. The summed E-state index contributed by atoms with van der Waals surface area (Å²) in [6, 6.07) is 103. The molecule has 82 heavy (non-hydrogen) atoms. The summed E-state index contributed by atoms with van der Waals surface area (Å²) in [5.74, 6) is 0. The molecule has 2 heteroatoms. The standard InChI is InChI=1S/C80H46O2/c1-3-19-53-49(17-1)43-69(57-23-7-5-21-55(53)57)79-64-29-11-9-27-62(64)77(51-36-40-75-68(45-51)60-26-14-16-32-74(60)81-75)71-41-47(33-38-66(71)79)48-34-39-67-72(42-48)78(52-35-37-61-59-25-13-15-31-73(59)82-76(61)46-52)63-28-10-12-30-65(63)80(67)70-44-50-18-2-4-20-54(50)56-22-6-8-24-58(56)70/h1-46H. The third kappa shape index (κ3) is 6.58. The summed E-state index contributed by atoms with van der Waals surface area (Å²) in [7, 11) is 0. The molecule has 0 amide bonds. The normalized spacial score (nSPS) is 12.1. The lowest BCUT2D eigenvalue weighted by Crippen LogP contribution is -1.94. The van der Waals surface area contributed by atoms with Crippen molar-refractivity contribution in [3.8, 4) is 55.6 Å².